The van der Waals surface area contributed by atoms with Gasteiger partial charge in [0, 0.05) is 39.0 Å². The van der Waals surface area contributed by atoms with Gasteiger partial charge in [0.05, 0.1) is 6.33 Å². The van der Waals surface area contributed by atoms with Crippen molar-refractivity contribution in [1.29, 1.82) is 0 Å². The summed E-state index contributed by atoms with van der Waals surface area (Å²) >= 11 is 0. The van der Waals surface area contributed by atoms with Gasteiger partial charge in [-0.1, -0.05) is 0 Å². The number of hydrogen-bond donors (Lipinski definition) is 5. The lowest BCUT2D eigenvalue weighted by molar-refractivity contribution is -0.137. The Kier molecular flexibility index (Phi) is 7.81. The van der Waals surface area contributed by atoms with Crippen LogP contribution in [0, 0.1) is 5.92 Å². The average molecular weight is 547 g/mol. The van der Waals surface area contributed by atoms with Crippen LogP contribution in [0.15, 0.2) is 6.33 Å². The highest BCUT2D eigenvalue weighted by molar-refractivity contribution is 5.85. The van der Waals surface area contributed by atoms with E-state index in [1.54, 1.807) is 11.8 Å². The van der Waals surface area contributed by atoms with E-state index in [0.29, 0.717) is 61.9 Å². The Morgan fingerprint density at radius 1 is 1.23 bits per heavy atom. The number of rotatable bonds is 7. The number of aryl methyl sites for hydroxylation is 1. The van der Waals surface area contributed by atoms with Gasteiger partial charge in [0.1, 0.15) is 23.5 Å². The zero-order valence-electron chi connectivity index (χ0n) is 21.7. The lowest BCUT2D eigenvalue weighted by atomic mass is 9.92. The van der Waals surface area contributed by atoms with E-state index in [0.717, 1.165) is 19.3 Å². The normalized spacial score (nSPS) is 27.6. The second-order valence-electron chi connectivity index (χ2n) is 10.1. The predicted octanol–water partition coefficient (Wildman–Crippen LogP) is -1.17. The van der Waals surface area contributed by atoms with Gasteiger partial charge in [0.2, 0.25) is 0 Å². The molecule has 6 N–H and O–H groups in total. The summed E-state index contributed by atoms with van der Waals surface area (Å²) in [5.74, 6) is 0.235. The molecular formula is C24H34N8O7. The molecule has 0 aliphatic carbocycles. The zero-order valence-corrected chi connectivity index (χ0v) is 21.7. The van der Waals surface area contributed by atoms with Crippen molar-refractivity contribution in [2.45, 2.75) is 69.7 Å². The topological polar surface area (TPSA) is 207 Å². The Hall–Kier alpha value is -3.56. The highest BCUT2D eigenvalue weighted by Gasteiger charge is 2.47. The summed E-state index contributed by atoms with van der Waals surface area (Å²) < 4.78 is 12.5. The summed E-state index contributed by atoms with van der Waals surface area (Å²) in [5.41, 5.74) is 6.81. The van der Waals surface area contributed by atoms with Crippen molar-refractivity contribution in [3.05, 3.63) is 12.2 Å². The molecule has 212 valence electrons. The van der Waals surface area contributed by atoms with Crippen LogP contribution >= 0.6 is 0 Å². The maximum absolute atomic E-state index is 12.4. The molecule has 2 aromatic rings. The highest BCUT2D eigenvalue weighted by atomic mass is 16.6. The first-order valence-electron chi connectivity index (χ1n) is 13.3. The molecule has 0 spiro atoms. The molecule has 3 aliphatic heterocycles. The van der Waals surface area contributed by atoms with Gasteiger partial charge in [-0.05, 0) is 32.1 Å². The first kappa shape index (κ1) is 27.0. The number of piperidine rings is 1. The van der Waals surface area contributed by atoms with E-state index in [9.17, 15) is 24.6 Å². The molecule has 5 atom stereocenters. The molecule has 5 rings (SSSR count). The van der Waals surface area contributed by atoms with Crippen LogP contribution in [0.2, 0.25) is 0 Å². The van der Waals surface area contributed by atoms with E-state index in [4.69, 9.17) is 15.2 Å². The standard InChI is InChI=1S/C24H34N8O7/c1-2-26-22(36)18-16(33)17(34)23(39-18)32-11-28-15-19(25)29-14(30-20(15)32)4-3-12-6-9-31(10-7-12)24(37)38-13-5-8-27-21(13)35/h11-13,16-18,23,33-34H,2-10H2,1H3,(H,26,36)(H,27,35)(H2,25,29,30)/t13?,16?,17?,18-,23+/m0/s1. The van der Waals surface area contributed by atoms with Crippen LogP contribution in [0.1, 0.15) is 44.7 Å². The summed E-state index contributed by atoms with van der Waals surface area (Å²) in [6, 6.07) is 0. The minimum absolute atomic E-state index is 0.176. The van der Waals surface area contributed by atoms with Crippen LogP contribution in [-0.4, -0.2) is 103 Å². The van der Waals surface area contributed by atoms with Crippen LogP contribution in [0.5, 0.6) is 0 Å². The minimum Gasteiger partial charge on any atom is -0.436 e. The van der Waals surface area contributed by atoms with E-state index in [2.05, 4.69) is 25.6 Å². The van der Waals surface area contributed by atoms with Crippen LogP contribution in [0.25, 0.3) is 11.2 Å². The van der Waals surface area contributed by atoms with Crippen molar-refractivity contribution in [2.75, 3.05) is 31.9 Å². The van der Waals surface area contributed by atoms with Gasteiger partial charge in [-0.2, -0.15) is 0 Å². The number of fused-ring (bicyclic) bond motifs is 1. The maximum atomic E-state index is 12.4. The Labute approximate surface area is 224 Å². The van der Waals surface area contributed by atoms with Crippen molar-refractivity contribution >= 4 is 34.9 Å². The smallest absolute Gasteiger partial charge is 0.410 e. The second-order valence-corrected chi connectivity index (χ2v) is 10.1. The Balaban J connectivity index is 1.20. The molecule has 3 saturated heterocycles. The largest absolute Gasteiger partial charge is 0.436 e. The highest BCUT2D eigenvalue weighted by Crippen LogP contribution is 2.32. The molecule has 0 radical (unpaired) electrons. The van der Waals surface area contributed by atoms with Crippen molar-refractivity contribution in [3.63, 3.8) is 0 Å². The number of aromatic nitrogens is 4. The number of carbonyl (C=O) groups excluding carboxylic acids is 3. The number of ether oxygens (including phenoxy) is 2. The van der Waals surface area contributed by atoms with E-state index in [-0.39, 0.29) is 11.7 Å². The van der Waals surface area contributed by atoms with Crippen molar-refractivity contribution in [2.24, 2.45) is 5.92 Å². The zero-order chi connectivity index (χ0) is 27.7. The molecule has 3 amide bonds. The summed E-state index contributed by atoms with van der Waals surface area (Å²) in [4.78, 5) is 51.2. The summed E-state index contributed by atoms with van der Waals surface area (Å²) in [7, 11) is 0. The Bertz CT molecular complexity index is 1230. The van der Waals surface area contributed by atoms with Gasteiger partial charge < -0.3 is 41.0 Å². The molecule has 3 unspecified atom stereocenters. The number of likely N-dealkylation sites (N-methyl/N-ethyl adjacent to an activating group) is 1. The lowest BCUT2D eigenvalue weighted by Crippen LogP contribution is -2.42. The molecule has 0 aromatic carbocycles. The molecule has 3 aliphatic rings. The number of nitrogens with one attached hydrogen (secondary N) is 2. The van der Waals surface area contributed by atoms with Gasteiger partial charge in [-0.15, -0.1) is 0 Å². The third-order valence-electron chi connectivity index (χ3n) is 7.51. The molecule has 0 bridgehead atoms. The number of anilines is 1. The maximum Gasteiger partial charge on any atom is 0.410 e. The van der Waals surface area contributed by atoms with E-state index in [1.807, 2.05) is 0 Å². The van der Waals surface area contributed by atoms with Crippen molar-refractivity contribution < 1.29 is 34.1 Å². The first-order valence-corrected chi connectivity index (χ1v) is 13.3. The van der Waals surface area contributed by atoms with Crippen LogP contribution in [0.3, 0.4) is 0 Å². The molecule has 3 fully saturated rings. The molecule has 5 heterocycles. The third-order valence-corrected chi connectivity index (χ3v) is 7.51. The van der Waals surface area contributed by atoms with E-state index >= 15 is 0 Å². The Morgan fingerprint density at radius 2 is 2.00 bits per heavy atom. The van der Waals surface area contributed by atoms with E-state index in [1.165, 1.54) is 10.9 Å². The molecular weight excluding hydrogens is 512 g/mol. The fourth-order valence-corrected chi connectivity index (χ4v) is 5.28. The molecule has 15 heteroatoms. The monoisotopic (exact) mass is 546 g/mol. The SMILES string of the molecule is CCNC(=O)[C@H]1O[C@@H](n2cnc3c(N)nc(CCC4CCN(C(=O)OC5CCNC5=O)CC4)nc32)C(O)C1O. The first-order chi connectivity index (χ1) is 18.8. The van der Waals surface area contributed by atoms with Gasteiger partial charge in [0.15, 0.2) is 29.9 Å². The number of amides is 3. The van der Waals surface area contributed by atoms with Gasteiger partial charge in [-0.3, -0.25) is 14.2 Å². The van der Waals surface area contributed by atoms with Crippen LogP contribution in [-0.2, 0) is 25.5 Å². The molecule has 0 saturated carbocycles. The molecule has 39 heavy (non-hydrogen) atoms. The Morgan fingerprint density at radius 3 is 2.69 bits per heavy atom. The quantitative estimate of drug-likeness (QED) is 0.280. The van der Waals surface area contributed by atoms with Crippen LogP contribution in [0.4, 0.5) is 10.6 Å². The van der Waals surface area contributed by atoms with Crippen molar-refractivity contribution in [3.8, 4) is 0 Å². The average Bonchev–Trinajstić information content (AvgIpc) is 3.61. The minimum atomic E-state index is -1.42. The van der Waals surface area contributed by atoms with Crippen LogP contribution < -0.4 is 16.4 Å². The number of likely N-dealkylation sites (tertiary alicyclic amines) is 1. The van der Waals surface area contributed by atoms with Gasteiger partial charge in [0.25, 0.3) is 11.8 Å². The molecule has 2 aromatic heterocycles. The number of nitrogen functional groups attached to an aromatic ring is 1. The number of aliphatic hydroxyl groups excluding tert-OH is 2. The summed E-state index contributed by atoms with van der Waals surface area (Å²) in [6.45, 7) is 3.70. The lowest BCUT2D eigenvalue weighted by Gasteiger charge is -2.31. The summed E-state index contributed by atoms with van der Waals surface area (Å²) in [6.07, 6.45) is -1.54. The second kappa shape index (κ2) is 11.3. The number of aliphatic hydroxyl groups is 2. The number of nitrogens with two attached hydrogens (primary N) is 1. The number of nitrogens with zero attached hydrogens (tertiary/aromatic N) is 5. The third kappa shape index (κ3) is 5.46. The number of imidazole rings is 1. The number of hydrogen-bond acceptors (Lipinski definition) is 11. The van der Waals surface area contributed by atoms with Gasteiger partial charge >= 0.3 is 6.09 Å². The summed E-state index contributed by atoms with van der Waals surface area (Å²) in [5, 5.41) is 26.2. The fraction of sp³-hybridized carbons (Fsp3) is 0.667. The van der Waals surface area contributed by atoms with Gasteiger partial charge in [-0.25, -0.2) is 19.7 Å². The molecule has 15 nitrogen and oxygen atoms in total. The number of carbonyl (C=O) groups is 3. The van der Waals surface area contributed by atoms with Crippen molar-refractivity contribution in [1.82, 2.24) is 35.1 Å². The fourth-order valence-electron chi connectivity index (χ4n) is 5.28. The van der Waals surface area contributed by atoms with E-state index < -0.39 is 42.6 Å². The predicted molar refractivity (Wildman–Crippen MR) is 135 cm³/mol.